The Morgan fingerprint density at radius 2 is 1.81 bits per heavy atom. The van der Waals surface area contributed by atoms with Crippen LogP contribution in [-0.4, -0.2) is 31.0 Å². The molecule has 8 heteroatoms. The number of amides is 1. The van der Waals surface area contributed by atoms with Gasteiger partial charge in [0.15, 0.2) is 11.4 Å². The summed E-state index contributed by atoms with van der Waals surface area (Å²) in [7, 11) is -3.57. The fourth-order valence-electron chi connectivity index (χ4n) is 2.86. The first kappa shape index (κ1) is 18.1. The number of rotatable bonds is 6. The van der Waals surface area contributed by atoms with Crippen LogP contribution in [0.5, 0.6) is 0 Å². The van der Waals surface area contributed by atoms with Gasteiger partial charge in [-0.2, -0.15) is 0 Å². The maximum atomic E-state index is 12.8. The minimum Gasteiger partial charge on any atom is -0.375 e. The molecular formula is C18H18N2O5S. The van der Waals surface area contributed by atoms with Crippen molar-refractivity contribution in [3.8, 4) is 0 Å². The second kappa shape index (κ2) is 6.54. The van der Waals surface area contributed by atoms with Gasteiger partial charge in [-0.1, -0.05) is 30.3 Å². The Hall–Kier alpha value is -2.71. The van der Waals surface area contributed by atoms with Crippen molar-refractivity contribution in [2.45, 2.75) is 18.9 Å². The number of para-hydroxylation sites is 2. The summed E-state index contributed by atoms with van der Waals surface area (Å²) < 4.78 is 26.0. The number of carbonyl (C=O) groups excluding carboxylic acids is 2. The average Bonchev–Trinajstić information content (AvgIpc) is 2.86. The minimum absolute atomic E-state index is 0.0927. The molecule has 0 spiro atoms. The quantitative estimate of drug-likeness (QED) is 0.668. The fourth-order valence-corrected chi connectivity index (χ4v) is 3.52. The molecule has 0 fully saturated rings. The van der Waals surface area contributed by atoms with Gasteiger partial charge in [-0.3, -0.25) is 14.3 Å². The van der Waals surface area contributed by atoms with E-state index in [0.717, 1.165) is 0 Å². The lowest BCUT2D eigenvalue weighted by Crippen LogP contribution is -2.36. The second-order valence-corrected chi connectivity index (χ2v) is 8.02. The molecule has 0 radical (unpaired) electrons. The molecule has 1 aliphatic rings. The van der Waals surface area contributed by atoms with E-state index in [0.29, 0.717) is 11.3 Å². The number of fused-ring (bicyclic) bond motifs is 1. The Morgan fingerprint density at radius 1 is 1.15 bits per heavy atom. The van der Waals surface area contributed by atoms with Gasteiger partial charge in [0, 0.05) is 16.8 Å². The lowest BCUT2D eigenvalue weighted by Gasteiger charge is -2.20. The van der Waals surface area contributed by atoms with E-state index >= 15 is 0 Å². The molecule has 1 heterocycles. The van der Waals surface area contributed by atoms with E-state index in [4.69, 9.17) is 0 Å². The highest BCUT2D eigenvalue weighted by molar-refractivity contribution is 7.92. The number of hydrogen-bond donors (Lipinski definition) is 3. The molecule has 2 aromatic carbocycles. The predicted octanol–water partition coefficient (Wildman–Crippen LogP) is 1.86. The van der Waals surface area contributed by atoms with Crippen molar-refractivity contribution < 1.29 is 23.1 Å². The van der Waals surface area contributed by atoms with E-state index < -0.39 is 33.7 Å². The Kier molecular flexibility index (Phi) is 4.55. The van der Waals surface area contributed by atoms with Gasteiger partial charge < -0.3 is 10.4 Å². The van der Waals surface area contributed by atoms with E-state index in [1.54, 1.807) is 36.4 Å². The van der Waals surface area contributed by atoms with Gasteiger partial charge in [0.1, 0.15) is 0 Å². The van der Waals surface area contributed by atoms with Gasteiger partial charge in [0.25, 0.3) is 5.91 Å². The normalized spacial score (nSPS) is 18.9. The average molecular weight is 374 g/mol. The van der Waals surface area contributed by atoms with Crippen LogP contribution < -0.4 is 10.0 Å². The summed E-state index contributed by atoms with van der Waals surface area (Å²) in [4.78, 5) is 25.0. The van der Waals surface area contributed by atoms with Crippen molar-refractivity contribution in [3.63, 3.8) is 0 Å². The van der Waals surface area contributed by atoms with Gasteiger partial charge in [-0.05, 0) is 25.1 Å². The molecule has 3 rings (SSSR count). The Bertz CT molecular complexity index is 987. The van der Waals surface area contributed by atoms with Crippen LogP contribution in [0.15, 0.2) is 48.5 Å². The molecule has 26 heavy (non-hydrogen) atoms. The predicted molar refractivity (Wildman–Crippen MR) is 97.4 cm³/mol. The van der Waals surface area contributed by atoms with E-state index in [9.17, 15) is 23.1 Å². The number of hydrogen-bond acceptors (Lipinski definition) is 5. The van der Waals surface area contributed by atoms with Crippen molar-refractivity contribution in [1.29, 1.82) is 0 Å². The van der Waals surface area contributed by atoms with Gasteiger partial charge in [-0.15, -0.1) is 0 Å². The fraction of sp³-hybridized carbons (Fsp3) is 0.222. The van der Waals surface area contributed by atoms with Crippen LogP contribution in [0.3, 0.4) is 0 Å². The van der Waals surface area contributed by atoms with Crippen LogP contribution in [0.2, 0.25) is 0 Å². The smallest absolute Gasteiger partial charge is 0.261 e. The number of carbonyl (C=O) groups is 2. The van der Waals surface area contributed by atoms with E-state index in [1.165, 1.54) is 19.1 Å². The third-order valence-corrected chi connectivity index (χ3v) is 5.58. The lowest BCUT2D eigenvalue weighted by atomic mass is 9.88. The van der Waals surface area contributed by atoms with Crippen LogP contribution in [0, 0.1) is 0 Å². The van der Waals surface area contributed by atoms with Gasteiger partial charge in [-0.25, -0.2) is 8.42 Å². The van der Waals surface area contributed by atoms with E-state index in [1.807, 2.05) is 0 Å². The first-order valence-electron chi connectivity index (χ1n) is 8.03. The number of Topliss-reactive ketones (excluding diaryl/α,β-unsaturated/α-hetero) is 1. The summed E-state index contributed by atoms with van der Waals surface area (Å²) >= 11 is 0. The molecule has 3 N–H and O–H groups in total. The molecule has 2 aromatic rings. The van der Waals surface area contributed by atoms with Crippen molar-refractivity contribution >= 4 is 33.1 Å². The molecule has 7 nitrogen and oxygen atoms in total. The second-order valence-electron chi connectivity index (χ2n) is 6.01. The molecular weight excluding hydrogens is 356 g/mol. The number of aliphatic hydroxyl groups is 1. The van der Waals surface area contributed by atoms with Crippen molar-refractivity contribution in [1.82, 2.24) is 0 Å². The largest absolute Gasteiger partial charge is 0.375 e. The maximum Gasteiger partial charge on any atom is 0.261 e. The molecule has 1 atom stereocenters. The molecule has 1 amide bonds. The first-order valence-corrected chi connectivity index (χ1v) is 9.68. The van der Waals surface area contributed by atoms with Crippen LogP contribution in [0.1, 0.15) is 29.3 Å². The maximum absolute atomic E-state index is 12.8. The number of anilines is 2. The molecule has 1 aliphatic heterocycles. The minimum atomic E-state index is -3.57. The summed E-state index contributed by atoms with van der Waals surface area (Å²) in [5, 5.41) is 13.4. The monoisotopic (exact) mass is 374 g/mol. The summed E-state index contributed by atoms with van der Waals surface area (Å²) in [6.07, 6.45) is -0.499. The van der Waals surface area contributed by atoms with Crippen molar-refractivity contribution in [2.24, 2.45) is 0 Å². The summed E-state index contributed by atoms with van der Waals surface area (Å²) in [6, 6.07) is 12.7. The highest BCUT2D eigenvalue weighted by Crippen LogP contribution is 2.39. The molecule has 0 aromatic heterocycles. The zero-order chi connectivity index (χ0) is 18.9. The first-order chi connectivity index (χ1) is 12.3. The zero-order valence-corrected chi connectivity index (χ0v) is 14.8. The van der Waals surface area contributed by atoms with E-state index in [-0.39, 0.29) is 17.0 Å². The summed E-state index contributed by atoms with van der Waals surface area (Å²) in [5.74, 6) is -1.37. The topological polar surface area (TPSA) is 113 Å². The molecule has 0 saturated heterocycles. The van der Waals surface area contributed by atoms with Gasteiger partial charge in [0.05, 0.1) is 17.9 Å². The Balaban J connectivity index is 1.94. The van der Waals surface area contributed by atoms with Crippen LogP contribution in [0.4, 0.5) is 11.4 Å². The summed E-state index contributed by atoms with van der Waals surface area (Å²) in [6.45, 7) is 1.48. The van der Waals surface area contributed by atoms with E-state index in [2.05, 4.69) is 10.0 Å². The number of nitrogens with one attached hydrogen (secondary N) is 2. The lowest BCUT2D eigenvalue weighted by molar-refractivity contribution is -0.133. The Morgan fingerprint density at radius 3 is 2.54 bits per heavy atom. The molecule has 0 saturated carbocycles. The van der Waals surface area contributed by atoms with Crippen LogP contribution in [-0.2, 0) is 20.4 Å². The standard InChI is InChI=1S/C18H18N2O5S/c1-2-26(24,25)20-14-9-5-3-7-12(14)16(21)11-18(23)13-8-4-6-10-15(13)19-17(18)22/h3-10,20,23H,2,11H2,1H3,(H,19,22)/t18-/m0/s1. The molecule has 0 aliphatic carbocycles. The highest BCUT2D eigenvalue weighted by atomic mass is 32.2. The Labute approximate surface area is 151 Å². The van der Waals surface area contributed by atoms with Crippen molar-refractivity contribution in [3.05, 3.63) is 59.7 Å². The third-order valence-electron chi connectivity index (χ3n) is 4.29. The summed E-state index contributed by atoms with van der Waals surface area (Å²) in [5.41, 5.74) is -1.01. The SMILES string of the molecule is CCS(=O)(=O)Nc1ccccc1C(=O)C[C@@]1(O)C(=O)Nc2ccccc21. The molecule has 0 unspecified atom stereocenters. The zero-order valence-electron chi connectivity index (χ0n) is 14.0. The number of sulfonamides is 1. The number of ketones is 1. The number of benzene rings is 2. The molecule has 0 bridgehead atoms. The highest BCUT2D eigenvalue weighted by Gasteiger charge is 2.46. The van der Waals surface area contributed by atoms with Gasteiger partial charge in [0.2, 0.25) is 10.0 Å². The van der Waals surface area contributed by atoms with Crippen LogP contribution >= 0.6 is 0 Å². The third kappa shape index (κ3) is 3.21. The molecule has 136 valence electrons. The van der Waals surface area contributed by atoms with Gasteiger partial charge >= 0.3 is 0 Å². The van der Waals surface area contributed by atoms with Crippen molar-refractivity contribution in [2.75, 3.05) is 15.8 Å². The van der Waals surface area contributed by atoms with Crippen LogP contribution in [0.25, 0.3) is 0 Å².